The van der Waals surface area contributed by atoms with Crippen molar-refractivity contribution in [2.45, 2.75) is 32.7 Å². The van der Waals surface area contributed by atoms with E-state index in [2.05, 4.69) is 18.3 Å². The molecular weight excluding hydrogens is 338 g/mol. The first-order chi connectivity index (χ1) is 13.0. The van der Waals surface area contributed by atoms with Gasteiger partial charge in [0.25, 0.3) is 0 Å². The molecule has 1 atom stereocenters. The second-order valence-corrected chi connectivity index (χ2v) is 7.02. The number of benzene rings is 2. The van der Waals surface area contributed by atoms with Crippen molar-refractivity contribution in [2.75, 3.05) is 30.4 Å². The van der Waals surface area contributed by atoms with Crippen LogP contribution in [-0.4, -0.2) is 42.9 Å². The molecule has 0 radical (unpaired) electrons. The molecule has 0 aliphatic carbocycles. The maximum atomic E-state index is 12.9. The molecule has 142 valence electrons. The number of amides is 2. The van der Waals surface area contributed by atoms with Gasteiger partial charge in [0.2, 0.25) is 11.8 Å². The first kappa shape index (κ1) is 19.1. The van der Waals surface area contributed by atoms with Gasteiger partial charge in [-0.25, -0.2) is 0 Å². The Labute approximate surface area is 161 Å². The first-order valence-electron chi connectivity index (χ1n) is 9.48. The molecule has 0 fully saturated rings. The minimum atomic E-state index is -0.372. The quantitative estimate of drug-likeness (QED) is 0.856. The number of hydrogen-bond acceptors (Lipinski definition) is 3. The molecule has 0 saturated carbocycles. The lowest BCUT2D eigenvalue weighted by molar-refractivity contribution is -0.124. The number of likely N-dealkylation sites (N-methyl/N-ethyl adjacent to an activating group) is 1. The number of carbonyl (C=O) groups is 2. The summed E-state index contributed by atoms with van der Waals surface area (Å²) in [6, 6.07) is 15.4. The Kier molecular flexibility index (Phi) is 5.91. The third kappa shape index (κ3) is 4.19. The van der Waals surface area contributed by atoms with Gasteiger partial charge in [-0.2, -0.15) is 0 Å². The maximum absolute atomic E-state index is 12.9. The van der Waals surface area contributed by atoms with E-state index in [0.717, 1.165) is 29.8 Å². The van der Waals surface area contributed by atoms with E-state index in [0.29, 0.717) is 6.54 Å². The summed E-state index contributed by atoms with van der Waals surface area (Å²) in [5.74, 6) is -0.0796. The average molecular weight is 365 g/mol. The fraction of sp³-hybridized carbons (Fsp3) is 0.364. The number of carbonyl (C=O) groups excluding carboxylic acids is 2. The highest BCUT2D eigenvalue weighted by atomic mass is 16.2. The van der Waals surface area contributed by atoms with Crippen molar-refractivity contribution in [3.8, 4) is 0 Å². The number of anilines is 2. The minimum absolute atomic E-state index is 0.0317. The summed E-state index contributed by atoms with van der Waals surface area (Å²) in [5, 5.41) is 2.97. The Morgan fingerprint density at radius 1 is 1.15 bits per heavy atom. The van der Waals surface area contributed by atoms with E-state index in [1.165, 1.54) is 5.56 Å². The molecule has 2 aromatic carbocycles. The highest BCUT2D eigenvalue weighted by Gasteiger charge is 2.30. The molecule has 5 nitrogen and oxygen atoms in total. The fourth-order valence-corrected chi connectivity index (χ4v) is 3.48. The topological polar surface area (TPSA) is 52.7 Å². The largest absolute Gasteiger partial charge is 0.325 e. The van der Waals surface area contributed by atoms with E-state index >= 15 is 0 Å². The van der Waals surface area contributed by atoms with Crippen LogP contribution in [0, 0.1) is 0 Å². The smallest absolute Gasteiger partial charge is 0.244 e. The van der Waals surface area contributed by atoms with Gasteiger partial charge in [-0.3, -0.25) is 14.5 Å². The molecule has 0 aromatic heterocycles. The third-order valence-electron chi connectivity index (χ3n) is 5.24. The second-order valence-electron chi connectivity index (χ2n) is 7.02. The van der Waals surface area contributed by atoms with Crippen LogP contribution in [0.15, 0.2) is 48.5 Å². The van der Waals surface area contributed by atoms with E-state index < -0.39 is 0 Å². The highest BCUT2D eigenvalue weighted by molar-refractivity contribution is 5.99. The van der Waals surface area contributed by atoms with Crippen LogP contribution >= 0.6 is 0 Å². The second kappa shape index (κ2) is 8.35. The van der Waals surface area contributed by atoms with Gasteiger partial charge in [-0.15, -0.1) is 0 Å². The van der Waals surface area contributed by atoms with Gasteiger partial charge in [0.1, 0.15) is 0 Å². The van der Waals surface area contributed by atoms with Gasteiger partial charge in [0, 0.05) is 17.9 Å². The number of nitrogens with zero attached hydrogens (tertiary/aromatic N) is 2. The van der Waals surface area contributed by atoms with Gasteiger partial charge < -0.3 is 10.2 Å². The molecule has 0 unspecified atom stereocenters. The standard InChI is InChI=1S/C22H27N3O2/c1-4-17-9-5-7-11-19(17)23-21(26)15-24(3)16(2)22(27)25-14-13-18-10-6-8-12-20(18)25/h5-12,16H,4,13-15H2,1-3H3,(H,23,26)/t16-/m0/s1. The molecular formula is C22H27N3O2. The summed E-state index contributed by atoms with van der Waals surface area (Å²) in [6.07, 6.45) is 1.74. The molecule has 0 bridgehead atoms. The average Bonchev–Trinajstić information content (AvgIpc) is 3.11. The summed E-state index contributed by atoms with van der Waals surface area (Å²) in [7, 11) is 1.82. The summed E-state index contributed by atoms with van der Waals surface area (Å²) >= 11 is 0. The lowest BCUT2D eigenvalue weighted by Crippen LogP contribution is -2.47. The van der Waals surface area contributed by atoms with Gasteiger partial charge >= 0.3 is 0 Å². The third-order valence-corrected chi connectivity index (χ3v) is 5.24. The van der Waals surface area contributed by atoms with Crippen LogP contribution in [0.1, 0.15) is 25.0 Å². The van der Waals surface area contributed by atoms with Crippen LogP contribution in [-0.2, 0) is 22.4 Å². The fourth-order valence-electron chi connectivity index (χ4n) is 3.48. The normalized spacial score (nSPS) is 14.1. The summed E-state index contributed by atoms with van der Waals surface area (Å²) in [6.45, 7) is 4.79. The first-order valence-corrected chi connectivity index (χ1v) is 9.48. The van der Waals surface area contributed by atoms with Crippen LogP contribution in [0.5, 0.6) is 0 Å². The molecule has 1 aliphatic rings. The number of para-hydroxylation sites is 2. The van der Waals surface area contributed by atoms with E-state index in [1.54, 1.807) is 4.90 Å². The lowest BCUT2D eigenvalue weighted by Gasteiger charge is -2.28. The molecule has 1 heterocycles. The van der Waals surface area contributed by atoms with Crippen LogP contribution in [0.3, 0.4) is 0 Å². The molecule has 0 saturated heterocycles. The van der Waals surface area contributed by atoms with Crippen LogP contribution < -0.4 is 10.2 Å². The Balaban J connectivity index is 1.61. The summed E-state index contributed by atoms with van der Waals surface area (Å²) in [5.41, 5.74) is 4.14. The predicted octanol–water partition coefficient (Wildman–Crippen LogP) is 3.10. The van der Waals surface area contributed by atoms with E-state index in [-0.39, 0.29) is 24.4 Å². The lowest BCUT2D eigenvalue weighted by atomic mass is 10.1. The zero-order valence-electron chi connectivity index (χ0n) is 16.2. The molecule has 1 N–H and O–H groups in total. The van der Waals surface area contributed by atoms with E-state index in [9.17, 15) is 9.59 Å². The van der Waals surface area contributed by atoms with Crippen molar-refractivity contribution < 1.29 is 9.59 Å². The van der Waals surface area contributed by atoms with Gasteiger partial charge in [-0.1, -0.05) is 43.3 Å². The van der Waals surface area contributed by atoms with Crippen LogP contribution in [0.2, 0.25) is 0 Å². The molecule has 2 amide bonds. The monoisotopic (exact) mass is 365 g/mol. The van der Waals surface area contributed by atoms with Crippen molar-refractivity contribution in [2.24, 2.45) is 0 Å². The van der Waals surface area contributed by atoms with Crippen molar-refractivity contribution in [1.82, 2.24) is 4.90 Å². The van der Waals surface area contributed by atoms with Gasteiger partial charge in [-0.05, 0) is 50.1 Å². The molecule has 5 heteroatoms. The van der Waals surface area contributed by atoms with E-state index in [1.807, 2.05) is 61.3 Å². The van der Waals surface area contributed by atoms with Gasteiger partial charge in [0.15, 0.2) is 0 Å². The number of hydrogen-bond donors (Lipinski definition) is 1. The number of rotatable bonds is 6. The zero-order valence-corrected chi connectivity index (χ0v) is 16.2. The Hall–Kier alpha value is -2.66. The van der Waals surface area contributed by atoms with Crippen molar-refractivity contribution in [3.05, 3.63) is 59.7 Å². The van der Waals surface area contributed by atoms with Crippen LogP contribution in [0.25, 0.3) is 0 Å². The number of nitrogens with one attached hydrogen (secondary N) is 1. The predicted molar refractivity (Wildman–Crippen MR) is 109 cm³/mol. The van der Waals surface area contributed by atoms with Crippen molar-refractivity contribution in [3.63, 3.8) is 0 Å². The number of fused-ring (bicyclic) bond motifs is 1. The highest BCUT2D eigenvalue weighted by Crippen LogP contribution is 2.28. The molecule has 27 heavy (non-hydrogen) atoms. The molecule has 1 aliphatic heterocycles. The number of aryl methyl sites for hydroxylation is 1. The molecule has 2 aromatic rings. The Bertz CT molecular complexity index is 834. The van der Waals surface area contributed by atoms with Gasteiger partial charge in [0.05, 0.1) is 12.6 Å². The van der Waals surface area contributed by atoms with Crippen molar-refractivity contribution in [1.29, 1.82) is 0 Å². The summed E-state index contributed by atoms with van der Waals surface area (Å²) in [4.78, 5) is 29.0. The minimum Gasteiger partial charge on any atom is -0.325 e. The van der Waals surface area contributed by atoms with Crippen molar-refractivity contribution >= 4 is 23.2 Å². The van der Waals surface area contributed by atoms with Crippen LogP contribution in [0.4, 0.5) is 11.4 Å². The molecule has 3 rings (SSSR count). The zero-order chi connectivity index (χ0) is 19.4. The summed E-state index contributed by atoms with van der Waals surface area (Å²) < 4.78 is 0. The van der Waals surface area contributed by atoms with E-state index in [4.69, 9.17) is 0 Å². The maximum Gasteiger partial charge on any atom is 0.244 e. The Morgan fingerprint density at radius 3 is 2.63 bits per heavy atom. The Morgan fingerprint density at radius 2 is 1.85 bits per heavy atom. The SMILES string of the molecule is CCc1ccccc1NC(=O)CN(C)[C@@H](C)C(=O)N1CCc2ccccc21. The molecule has 0 spiro atoms.